The Hall–Kier alpha value is -0.670. The molecule has 0 radical (unpaired) electrons. The summed E-state index contributed by atoms with van der Waals surface area (Å²) in [6.07, 6.45) is 5.97. The molecule has 1 aliphatic carbocycles. The van der Waals surface area contributed by atoms with Crippen LogP contribution >= 0.6 is 0 Å². The highest BCUT2D eigenvalue weighted by Crippen LogP contribution is 2.27. The number of aryl methyl sites for hydroxylation is 2. The molecule has 0 aromatic heterocycles. The summed E-state index contributed by atoms with van der Waals surface area (Å²) in [6, 6.07) is 6.68. The van der Waals surface area contributed by atoms with Gasteiger partial charge in [0.1, 0.15) is 0 Å². The van der Waals surface area contributed by atoms with Crippen LogP contribution in [0.3, 0.4) is 0 Å². The fraction of sp³-hybridized carbons (Fsp3) is 0.625. The van der Waals surface area contributed by atoms with Crippen LogP contribution in [-0.4, -0.2) is 22.5 Å². The molecule has 0 saturated heterocycles. The van der Waals surface area contributed by atoms with Gasteiger partial charge in [0.15, 0.2) is 0 Å². The number of nitrogens with one attached hydrogen (secondary N) is 1. The summed E-state index contributed by atoms with van der Waals surface area (Å²) in [5.74, 6) is 0. The van der Waals surface area contributed by atoms with Crippen molar-refractivity contribution in [2.24, 2.45) is 0 Å². The summed E-state index contributed by atoms with van der Waals surface area (Å²) < 4.78 is 13.0. The van der Waals surface area contributed by atoms with Crippen LogP contribution in [0.2, 0.25) is 0 Å². The second-order valence-electron chi connectivity index (χ2n) is 5.64. The minimum Gasteiger partial charge on any atom is -0.316 e. The highest BCUT2D eigenvalue weighted by atomic mass is 32.2. The van der Waals surface area contributed by atoms with Crippen molar-refractivity contribution in [3.63, 3.8) is 0 Å². The lowest BCUT2D eigenvalue weighted by Crippen LogP contribution is -2.39. The first-order valence-corrected chi connectivity index (χ1v) is 8.50. The van der Waals surface area contributed by atoms with Gasteiger partial charge < -0.3 is 5.32 Å². The van der Waals surface area contributed by atoms with Crippen molar-refractivity contribution in [3.8, 4) is 0 Å². The molecule has 2 nitrogen and oxygen atoms in total. The third-order valence-corrected chi connectivity index (χ3v) is 6.15. The molecule has 0 bridgehead atoms. The largest absolute Gasteiger partial charge is 0.316 e. The van der Waals surface area contributed by atoms with Crippen molar-refractivity contribution >= 4 is 10.8 Å². The van der Waals surface area contributed by atoms with Gasteiger partial charge >= 0.3 is 0 Å². The van der Waals surface area contributed by atoms with E-state index in [0.717, 1.165) is 23.3 Å². The molecule has 1 saturated carbocycles. The third-order valence-electron chi connectivity index (χ3n) is 4.16. The molecular weight excluding hydrogens is 254 g/mol. The Morgan fingerprint density at radius 1 is 1.16 bits per heavy atom. The maximum Gasteiger partial charge on any atom is 0.0579 e. The van der Waals surface area contributed by atoms with Crippen LogP contribution in [0.4, 0.5) is 0 Å². The van der Waals surface area contributed by atoms with Crippen molar-refractivity contribution in [2.45, 2.75) is 62.1 Å². The Labute approximate surface area is 119 Å². The smallest absolute Gasteiger partial charge is 0.0579 e. The zero-order chi connectivity index (χ0) is 13.8. The van der Waals surface area contributed by atoms with Crippen molar-refractivity contribution in [2.75, 3.05) is 7.05 Å². The predicted octanol–water partition coefficient (Wildman–Crippen LogP) is 3.33. The van der Waals surface area contributed by atoms with E-state index in [1.54, 1.807) is 0 Å². The Morgan fingerprint density at radius 3 is 2.63 bits per heavy atom. The normalized spacial score (nSPS) is 25.8. The molecule has 0 spiro atoms. The maximum atomic E-state index is 13.0. The highest BCUT2D eigenvalue weighted by Gasteiger charge is 2.29. The molecule has 106 valence electrons. The second kappa shape index (κ2) is 6.67. The second-order valence-corrected chi connectivity index (χ2v) is 7.28. The topological polar surface area (TPSA) is 29.1 Å². The van der Waals surface area contributed by atoms with E-state index in [1.807, 2.05) is 7.05 Å². The van der Waals surface area contributed by atoms with Gasteiger partial charge in [-0.2, -0.15) is 0 Å². The molecule has 3 unspecified atom stereocenters. The van der Waals surface area contributed by atoms with E-state index in [4.69, 9.17) is 0 Å². The van der Waals surface area contributed by atoms with Crippen LogP contribution in [0.1, 0.15) is 43.2 Å². The van der Waals surface area contributed by atoms with Gasteiger partial charge in [0.2, 0.25) is 0 Å². The molecule has 1 aromatic carbocycles. The molecule has 0 heterocycles. The summed E-state index contributed by atoms with van der Waals surface area (Å²) in [4.78, 5) is 1.03. The molecule has 0 amide bonds. The van der Waals surface area contributed by atoms with E-state index in [2.05, 4.69) is 37.4 Å². The van der Waals surface area contributed by atoms with Crippen molar-refractivity contribution in [1.29, 1.82) is 0 Å². The number of rotatable bonds is 3. The van der Waals surface area contributed by atoms with E-state index in [1.165, 1.54) is 24.8 Å². The van der Waals surface area contributed by atoms with E-state index in [-0.39, 0.29) is 5.25 Å². The van der Waals surface area contributed by atoms with E-state index in [9.17, 15) is 4.21 Å². The van der Waals surface area contributed by atoms with E-state index in [0.29, 0.717) is 6.04 Å². The molecule has 1 aliphatic rings. The monoisotopic (exact) mass is 279 g/mol. The molecule has 1 aromatic rings. The highest BCUT2D eigenvalue weighted by molar-refractivity contribution is 7.85. The minimum atomic E-state index is -0.895. The summed E-state index contributed by atoms with van der Waals surface area (Å²) in [6.45, 7) is 4.14. The first kappa shape index (κ1) is 14.7. The van der Waals surface area contributed by atoms with E-state index < -0.39 is 10.8 Å². The Morgan fingerprint density at radius 2 is 1.89 bits per heavy atom. The van der Waals surface area contributed by atoms with Gasteiger partial charge in [0, 0.05) is 10.9 Å². The fourth-order valence-electron chi connectivity index (χ4n) is 2.95. The zero-order valence-electron chi connectivity index (χ0n) is 12.2. The SMILES string of the molecule is CNC1CCCCCC1S(=O)c1cc(C)ccc1C. The Kier molecular flexibility index (Phi) is 5.17. The van der Waals surface area contributed by atoms with Crippen LogP contribution in [0.5, 0.6) is 0 Å². The number of benzene rings is 1. The maximum absolute atomic E-state index is 13.0. The van der Waals surface area contributed by atoms with Crippen LogP contribution in [0.25, 0.3) is 0 Å². The van der Waals surface area contributed by atoms with Crippen LogP contribution in [0, 0.1) is 13.8 Å². The van der Waals surface area contributed by atoms with Gasteiger partial charge in [-0.1, -0.05) is 31.4 Å². The lowest BCUT2D eigenvalue weighted by atomic mass is 10.1. The molecule has 1 N–H and O–H groups in total. The van der Waals surface area contributed by atoms with Crippen LogP contribution in [-0.2, 0) is 10.8 Å². The van der Waals surface area contributed by atoms with Gasteiger partial charge in [0.05, 0.1) is 16.0 Å². The standard InChI is InChI=1S/C16H25NOS/c1-12-9-10-13(2)16(11-12)19(18)15-8-6-4-5-7-14(15)17-3/h9-11,14-15,17H,4-8H2,1-3H3. The van der Waals surface area contributed by atoms with E-state index >= 15 is 0 Å². The van der Waals surface area contributed by atoms with Gasteiger partial charge in [0.25, 0.3) is 0 Å². The molecule has 19 heavy (non-hydrogen) atoms. The average molecular weight is 279 g/mol. The number of hydrogen-bond acceptors (Lipinski definition) is 2. The van der Waals surface area contributed by atoms with Crippen LogP contribution < -0.4 is 5.32 Å². The lowest BCUT2D eigenvalue weighted by Gasteiger charge is -2.25. The Balaban J connectivity index is 2.27. The molecule has 0 aliphatic heterocycles. The summed E-state index contributed by atoms with van der Waals surface area (Å²) >= 11 is 0. The van der Waals surface area contributed by atoms with Crippen molar-refractivity contribution in [1.82, 2.24) is 5.32 Å². The van der Waals surface area contributed by atoms with Gasteiger partial charge in [-0.15, -0.1) is 0 Å². The molecule has 1 fully saturated rings. The minimum absolute atomic E-state index is 0.257. The summed E-state index contributed by atoms with van der Waals surface area (Å²) in [5, 5.41) is 3.64. The molecular formula is C16H25NOS. The predicted molar refractivity (Wildman–Crippen MR) is 82.0 cm³/mol. The summed E-state index contributed by atoms with van der Waals surface area (Å²) in [7, 11) is 1.11. The molecule has 3 heteroatoms. The average Bonchev–Trinajstić information content (AvgIpc) is 2.65. The van der Waals surface area contributed by atoms with Crippen LogP contribution in [0.15, 0.2) is 23.1 Å². The van der Waals surface area contributed by atoms with Gasteiger partial charge in [-0.3, -0.25) is 4.21 Å². The zero-order valence-corrected chi connectivity index (χ0v) is 13.1. The van der Waals surface area contributed by atoms with Gasteiger partial charge in [-0.05, 0) is 50.9 Å². The van der Waals surface area contributed by atoms with Crippen molar-refractivity contribution in [3.05, 3.63) is 29.3 Å². The van der Waals surface area contributed by atoms with Gasteiger partial charge in [-0.25, -0.2) is 0 Å². The van der Waals surface area contributed by atoms with Crippen molar-refractivity contribution < 1.29 is 4.21 Å². The fourth-order valence-corrected chi connectivity index (χ4v) is 4.91. The first-order valence-electron chi connectivity index (χ1n) is 7.28. The summed E-state index contributed by atoms with van der Waals surface area (Å²) in [5.41, 5.74) is 2.35. The molecule has 3 atom stereocenters. The number of hydrogen-bond donors (Lipinski definition) is 1. The molecule has 2 rings (SSSR count). The quantitative estimate of drug-likeness (QED) is 0.860. The first-order chi connectivity index (χ1) is 9.13. The third kappa shape index (κ3) is 3.46. The Bertz CT molecular complexity index is 458. The lowest BCUT2D eigenvalue weighted by molar-refractivity contribution is 0.500.